The number of methoxy groups -OCH3 is 2. The molecule has 1 unspecified atom stereocenters. The number of ether oxygens (including phenoxy) is 3. The summed E-state index contributed by atoms with van der Waals surface area (Å²) in [5.41, 5.74) is 1.12. The van der Waals surface area contributed by atoms with Crippen LogP contribution in [-0.4, -0.2) is 56.6 Å². The highest BCUT2D eigenvalue weighted by molar-refractivity contribution is 6.30. The molecule has 142 valence electrons. The third-order valence-electron chi connectivity index (χ3n) is 3.88. The topological polar surface area (TPSA) is 51.2 Å². The molecule has 0 heterocycles. The van der Waals surface area contributed by atoms with Crippen molar-refractivity contribution in [2.75, 3.05) is 40.5 Å². The highest BCUT2D eigenvalue weighted by Crippen LogP contribution is 2.17. The molecule has 26 heavy (non-hydrogen) atoms. The van der Waals surface area contributed by atoms with E-state index in [1.54, 1.807) is 38.5 Å². The van der Waals surface area contributed by atoms with E-state index in [-0.39, 0.29) is 6.61 Å². The molecule has 2 aromatic carbocycles. The van der Waals surface area contributed by atoms with Crippen LogP contribution in [0.2, 0.25) is 5.02 Å². The predicted octanol–water partition coefficient (Wildman–Crippen LogP) is 3.24. The van der Waals surface area contributed by atoms with Gasteiger partial charge in [-0.05, 0) is 42.0 Å². The number of aliphatic hydroxyl groups excluding tert-OH is 1. The van der Waals surface area contributed by atoms with Crippen molar-refractivity contribution in [2.45, 2.75) is 12.6 Å². The van der Waals surface area contributed by atoms with Crippen molar-refractivity contribution >= 4 is 11.6 Å². The first-order valence-corrected chi connectivity index (χ1v) is 8.89. The Morgan fingerprint density at radius 2 is 1.85 bits per heavy atom. The van der Waals surface area contributed by atoms with E-state index in [4.69, 9.17) is 25.8 Å². The molecular formula is C20H26ClNO4. The third kappa shape index (κ3) is 7.22. The van der Waals surface area contributed by atoms with Crippen LogP contribution >= 0.6 is 11.6 Å². The third-order valence-corrected chi connectivity index (χ3v) is 4.13. The SMILES string of the molecule is COCCN(Cc1cccc(OC)c1)CC(O)COc1ccc(Cl)cc1. The number of rotatable bonds is 11. The lowest BCUT2D eigenvalue weighted by molar-refractivity contribution is 0.0542. The minimum atomic E-state index is -0.617. The Kier molecular flexibility index (Phi) is 8.71. The van der Waals surface area contributed by atoms with Gasteiger partial charge in [0.2, 0.25) is 0 Å². The maximum absolute atomic E-state index is 10.4. The Bertz CT molecular complexity index is 651. The summed E-state index contributed by atoms with van der Waals surface area (Å²) >= 11 is 5.86. The zero-order valence-electron chi connectivity index (χ0n) is 15.2. The van der Waals surface area contributed by atoms with Gasteiger partial charge in [0.05, 0.1) is 13.7 Å². The van der Waals surface area contributed by atoms with Gasteiger partial charge in [-0.15, -0.1) is 0 Å². The van der Waals surface area contributed by atoms with Gasteiger partial charge in [0.15, 0.2) is 0 Å². The van der Waals surface area contributed by atoms with Crippen molar-refractivity contribution in [1.82, 2.24) is 4.90 Å². The van der Waals surface area contributed by atoms with Gasteiger partial charge < -0.3 is 19.3 Å². The predicted molar refractivity (Wildman–Crippen MR) is 103 cm³/mol. The van der Waals surface area contributed by atoms with Crippen LogP contribution in [0, 0.1) is 0 Å². The Morgan fingerprint density at radius 3 is 2.54 bits per heavy atom. The summed E-state index contributed by atoms with van der Waals surface area (Å²) in [6.45, 7) is 2.69. The van der Waals surface area contributed by atoms with Crippen molar-refractivity contribution in [3.8, 4) is 11.5 Å². The molecule has 0 bridgehead atoms. The van der Waals surface area contributed by atoms with Gasteiger partial charge in [0, 0.05) is 31.8 Å². The van der Waals surface area contributed by atoms with Crippen molar-refractivity contribution in [3.05, 3.63) is 59.1 Å². The molecule has 1 N–H and O–H groups in total. The van der Waals surface area contributed by atoms with Gasteiger partial charge in [-0.1, -0.05) is 23.7 Å². The number of benzene rings is 2. The number of aliphatic hydroxyl groups is 1. The van der Waals surface area contributed by atoms with Crippen molar-refractivity contribution in [2.24, 2.45) is 0 Å². The molecule has 6 heteroatoms. The van der Waals surface area contributed by atoms with Gasteiger partial charge in [-0.2, -0.15) is 0 Å². The van der Waals surface area contributed by atoms with Crippen LogP contribution < -0.4 is 9.47 Å². The van der Waals surface area contributed by atoms with Crippen LogP contribution in [-0.2, 0) is 11.3 Å². The second-order valence-electron chi connectivity index (χ2n) is 6.00. The number of halogens is 1. The molecule has 0 saturated heterocycles. The molecule has 0 aliphatic heterocycles. The molecule has 5 nitrogen and oxygen atoms in total. The molecule has 0 fully saturated rings. The van der Waals surface area contributed by atoms with Crippen molar-refractivity contribution in [3.63, 3.8) is 0 Å². The lowest BCUT2D eigenvalue weighted by atomic mass is 10.2. The Balaban J connectivity index is 1.89. The molecule has 2 rings (SSSR count). The van der Waals surface area contributed by atoms with Gasteiger partial charge >= 0.3 is 0 Å². The van der Waals surface area contributed by atoms with Crippen LogP contribution in [0.1, 0.15) is 5.56 Å². The van der Waals surface area contributed by atoms with Gasteiger partial charge in [0.1, 0.15) is 24.2 Å². The van der Waals surface area contributed by atoms with Crippen LogP contribution in [0.25, 0.3) is 0 Å². The highest BCUT2D eigenvalue weighted by Gasteiger charge is 2.13. The van der Waals surface area contributed by atoms with E-state index in [1.807, 2.05) is 24.3 Å². The minimum Gasteiger partial charge on any atom is -0.497 e. The maximum Gasteiger partial charge on any atom is 0.119 e. The molecule has 0 radical (unpaired) electrons. The summed E-state index contributed by atoms with van der Waals surface area (Å²) < 4.78 is 16.1. The van der Waals surface area contributed by atoms with Crippen LogP contribution in [0.4, 0.5) is 0 Å². The molecule has 0 aliphatic carbocycles. The summed E-state index contributed by atoms with van der Waals surface area (Å²) in [7, 11) is 3.32. The molecular weight excluding hydrogens is 354 g/mol. The number of hydrogen-bond acceptors (Lipinski definition) is 5. The lowest BCUT2D eigenvalue weighted by Gasteiger charge is -2.25. The van der Waals surface area contributed by atoms with Crippen LogP contribution in [0.3, 0.4) is 0 Å². The standard InChI is InChI=1S/C20H26ClNO4/c1-24-11-10-22(13-16-4-3-5-20(12-16)25-2)14-18(23)15-26-19-8-6-17(21)7-9-19/h3-9,12,18,23H,10-11,13-15H2,1-2H3. The summed E-state index contributed by atoms with van der Waals surface area (Å²) in [5.74, 6) is 1.51. The molecule has 0 aromatic heterocycles. The second-order valence-corrected chi connectivity index (χ2v) is 6.43. The first kappa shape index (κ1) is 20.5. The summed E-state index contributed by atoms with van der Waals surface area (Å²) in [5, 5.41) is 11.0. The fourth-order valence-electron chi connectivity index (χ4n) is 2.56. The van der Waals surface area contributed by atoms with E-state index in [0.717, 1.165) is 11.3 Å². The van der Waals surface area contributed by atoms with E-state index in [0.29, 0.717) is 37.0 Å². The van der Waals surface area contributed by atoms with Crippen molar-refractivity contribution < 1.29 is 19.3 Å². The second kappa shape index (κ2) is 11.0. The monoisotopic (exact) mass is 379 g/mol. The summed E-state index contributed by atoms with van der Waals surface area (Å²) in [6.07, 6.45) is -0.617. The molecule has 0 spiro atoms. The van der Waals surface area contributed by atoms with E-state index in [2.05, 4.69) is 4.90 Å². The van der Waals surface area contributed by atoms with Gasteiger partial charge in [0.25, 0.3) is 0 Å². The fraction of sp³-hybridized carbons (Fsp3) is 0.400. The van der Waals surface area contributed by atoms with Crippen molar-refractivity contribution in [1.29, 1.82) is 0 Å². The lowest BCUT2D eigenvalue weighted by Crippen LogP contribution is -2.37. The zero-order valence-corrected chi connectivity index (χ0v) is 16.0. The quantitative estimate of drug-likeness (QED) is 0.649. The highest BCUT2D eigenvalue weighted by atomic mass is 35.5. The molecule has 2 aromatic rings. The summed E-state index contributed by atoms with van der Waals surface area (Å²) in [6, 6.07) is 15.0. The molecule has 1 atom stereocenters. The van der Waals surface area contributed by atoms with E-state index in [1.165, 1.54) is 0 Å². The average Bonchev–Trinajstić information content (AvgIpc) is 2.66. The van der Waals surface area contributed by atoms with E-state index < -0.39 is 6.10 Å². The Labute approximate surface area is 160 Å². The number of hydrogen-bond donors (Lipinski definition) is 1. The average molecular weight is 380 g/mol. The van der Waals surface area contributed by atoms with Crippen LogP contribution in [0.5, 0.6) is 11.5 Å². The van der Waals surface area contributed by atoms with Crippen LogP contribution in [0.15, 0.2) is 48.5 Å². The number of nitrogens with zero attached hydrogens (tertiary/aromatic N) is 1. The van der Waals surface area contributed by atoms with E-state index in [9.17, 15) is 5.11 Å². The van der Waals surface area contributed by atoms with Gasteiger partial charge in [-0.3, -0.25) is 4.90 Å². The smallest absolute Gasteiger partial charge is 0.119 e. The molecule has 0 aliphatic rings. The summed E-state index contributed by atoms with van der Waals surface area (Å²) in [4.78, 5) is 2.13. The minimum absolute atomic E-state index is 0.212. The Morgan fingerprint density at radius 1 is 1.08 bits per heavy atom. The Hall–Kier alpha value is -1.79. The maximum atomic E-state index is 10.4. The molecule has 0 amide bonds. The first-order valence-electron chi connectivity index (χ1n) is 8.51. The normalized spacial score (nSPS) is 12.2. The molecule has 0 saturated carbocycles. The largest absolute Gasteiger partial charge is 0.497 e. The van der Waals surface area contributed by atoms with Gasteiger partial charge in [-0.25, -0.2) is 0 Å². The first-order chi connectivity index (χ1) is 12.6. The fourth-order valence-corrected chi connectivity index (χ4v) is 2.68. The zero-order chi connectivity index (χ0) is 18.8. The van der Waals surface area contributed by atoms with E-state index >= 15 is 0 Å².